The Kier molecular flexibility index (Phi) is 2.54. The van der Waals surface area contributed by atoms with Crippen molar-refractivity contribution in [1.29, 1.82) is 0 Å². The van der Waals surface area contributed by atoms with E-state index in [-0.39, 0.29) is 5.92 Å². The molecule has 2 aliphatic rings. The van der Waals surface area contributed by atoms with Gasteiger partial charge in [-0.1, -0.05) is 6.92 Å². The zero-order valence-electron chi connectivity index (χ0n) is 8.25. The molecule has 2 rings (SSSR count). The van der Waals surface area contributed by atoms with E-state index >= 15 is 0 Å². The maximum absolute atomic E-state index is 11.9. The summed E-state index contributed by atoms with van der Waals surface area (Å²) >= 11 is 0. The molecule has 1 aliphatic heterocycles. The predicted molar refractivity (Wildman–Crippen MR) is 51.3 cm³/mol. The molecule has 0 aromatic carbocycles. The lowest BCUT2D eigenvalue weighted by Gasteiger charge is -2.29. The lowest BCUT2D eigenvalue weighted by molar-refractivity contribution is -0.136. The number of nitrogens with one attached hydrogen (secondary N) is 1. The average molecular weight is 182 g/mol. The van der Waals surface area contributed by atoms with Crippen LogP contribution in [0.5, 0.6) is 0 Å². The smallest absolute Gasteiger partial charge is 0.225 e. The van der Waals surface area contributed by atoms with E-state index in [1.807, 2.05) is 4.90 Å². The maximum Gasteiger partial charge on any atom is 0.225 e. The highest BCUT2D eigenvalue weighted by atomic mass is 16.2. The zero-order valence-corrected chi connectivity index (χ0v) is 8.25. The third-order valence-corrected chi connectivity index (χ3v) is 3.15. The number of carbonyl (C=O) groups is 1. The molecule has 1 aliphatic carbocycles. The third-order valence-electron chi connectivity index (χ3n) is 3.15. The summed E-state index contributed by atoms with van der Waals surface area (Å²) in [5, 5.41) is 3.26. The molecule has 0 aromatic heterocycles. The van der Waals surface area contributed by atoms with Crippen molar-refractivity contribution in [1.82, 2.24) is 10.2 Å². The summed E-state index contributed by atoms with van der Waals surface area (Å²) in [7, 11) is 0. The number of rotatable bonds is 2. The van der Waals surface area contributed by atoms with E-state index in [1.54, 1.807) is 0 Å². The Morgan fingerprint density at radius 3 is 2.54 bits per heavy atom. The molecule has 0 spiro atoms. The van der Waals surface area contributed by atoms with Gasteiger partial charge < -0.3 is 10.2 Å². The predicted octanol–water partition coefficient (Wildman–Crippen LogP) is 0.464. The quantitative estimate of drug-likeness (QED) is 0.673. The van der Waals surface area contributed by atoms with E-state index < -0.39 is 0 Å². The van der Waals surface area contributed by atoms with E-state index in [1.165, 1.54) is 12.8 Å². The number of amides is 1. The SMILES string of the molecule is CC(C(=O)N1CCNCC1)C1CC1. The molecule has 1 amide bonds. The molecule has 74 valence electrons. The van der Waals surface area contributed by atoms with Gasteiger partial charge in [0.05, 0.1) is 0 Å². The second kappa shape index (κ2) is 3.66. The van der Waals surface area contributed by atoms with Gasteiger partial charge in [0, 0.05) is 32.1 Å². The van der Waals surface area contributed by atoms with E-state index in [9.17, 15) is 4.79 Å². The Labute approximate surface area is 79.5 Å². The van der Waals surface area contributed by atoms with Crippen LogP contribution in [0.3, 0.4) is 0 Å². The molecule has 2 fully saturated rings. The van der Waals surface area contributed by atoms with Crippen molar-refractivity contribution < 1.29 is 4.79 Å². The Balaban J connectivity index is 1.86. The van der Waals surface area contributed by atoms with Crippen LogP contribution in [0.1, 0.15) is 19.8 Å². The van der Waals surface area contributed by atoms with Gasteiger partial charge in [-0.25, -0.2) is 0 Å². The van der Waals surface area contributed by atoms with Crippen LogP contribution in [0.25, 0.3) is 0 Å². The van der Waals surface area contributed by atoms with E-state index in [4.69, 9.17) is 0 Å². The molecule has 1 saturated carbocycles. The van der Waals surface area contributed by atoms with Gasteiger partial charge in [0.1, 0.15) is 0 Å². The van der Waals surface area contributed by atoms with Gasteiger partial charge in [-0.15, -0.1) is 0 Å². The van der Waals surface area contributed by atoms with Crippen LogP contribution in [0.2, 0.25) is 0 Å². The molecule has 0 aromatic rings. The van der Waals surface area contributed by atoms with Crippen molar-refractivity contribution in [2.24, 2.45) is 11.8 Å². The Hall–Kier alpha value is -0.570. The summed E-state index contributed by atoms with van der Waals surface area (Å²) in [6.45, 7) is 5.81. The van der Waals surface area contributed by atoms with Gasteiger partial charge in [-0.3, -0.25) is 4.79 Å². The minimum Gasteiger partial charge on any atom is -0.340 e. The van der Waals surface area contributed by atoms with Crippen LogP contribution in [-0.4, -0.2) is 37.0 Å². The summed E-state index contributed by atoms with van der Waals surface area (Å²) < 4.78 is 0. The Morgan fingerprint density at radius 2 is 2.00 bits per heavy atom. The molecule has 0 bridgehead atoms. The average Bonchev–Trinajstić information content (AvgIpc) is 3.00. The van der Waals surface area contributed by atoms with Crippen molar-refractivity contribution >= 4 is 5.91 Å². The number of hydrogen-bond acceptors (Lipinski definition) is 2. The second-order valence-electron chi connectivity index (χ2n) is 4.20. The molecule has 0 radical (unpaired) electrons. The van der Waals surface area contributed by atoms with Crippen LogP contribution in [-0.2, 0) is 4.79 Å². The standard InChI is InChI=1S/C10H18N2O/c1-8(9-2-3-9)10(13)12-6-4-11-5-7-12/h8-9,11H,2-7H2,1H3. The van der Waals surface area contributed by atoms with Gasteiger partial charge in [0.25, 0.3) is 0 Å². The van der Waals surface area contributed by atoms with E-state index in [0.29, 0.717) is 11.8 Å². The largest absolute Gasteiger partial charge is 0.340 e. The van der Waals surface area contributed by atoms with E-state index in [2.05, 4.69) is 12.2 Å². The molecule has 3 heteroatoms. The maximum atomic E-state index is 11.9. The molecule has 1 atom stereocenters. The molecule has 13 heavy (non-hydrogen) atoms. The normalized spacial score (nSPS) is 25.8. The summed E-state index contributed by atoms with van der Waals surface area (Å²) in [6, 6.07) is 0. The summed E-state index contributed by atoms with van der Waals surface area (Å²) in [5.74, 6) is 1.35. The second-order valence-corrected chi connectivity index (χ2v) is 4.20. The molecule has 3 nitrogen and oxygen atoms in total. The van der Waals surface area contributed by atoms with Crippen molar-refractivity contribution in [2.45, 2.75) is 19.8 Å². The van der Waals surface area contributed by atoms with Crippen LogP contribution in [0, 0.1) is 11.8 Å². The first-order valence-corrected chi connectivity index (χ1v) is 5.28. The van der Waals surface area contributed by atoms with Crippen molar-refractivity contribution in [3.63, 3.8) is 0 Å². The fourth-order valence-electron chi connectivity index (χ4n) is 1.97. The van der Waals surface area contributed by atoms with Gasteiger partial charge in [-0.05, 0) is 18.8 Å². The molecule has 1 N–H and O–H groups in total. The number of piperazine rings is 1. The summed E-state index contributed by atoms with van der Waals surface area (Å²) in [4.78, 5) is 13.9. The van der Waals surface area contributed by atoms with Crippen molar-refractivity contribution in [3.05, 3.63) is 0 Å². The lowest BCUT2D eigenvalue weighted by atomic mass is 10.0. The monoisotopic (exact) mass is 182 g/mol. The molecule has 1 saturated heterocycles. The fraction of sp³-hybridized carbons (Fsp3) is 0.900. The highest BCUT2D eigenvalue weighted by Gasteiger charge is 2.34. The Bertz CT molecular complexity index is 195. The molecule has 1 unspecified atom stereocenters. The number of nitrogens with zero attached hydrogens (tertiary/aromatic N) is 1. The first kappa shape index (κ1) is 9.00. The number of hydrogen-bond donors (Lipinski definition) is 1. The topological polar surface area (TPSA) is 32.3 Å². The third kappa shape index (κ3) is 2.02. The van der Waals surface area contributed by atoms with Crippen LogP contribution in [0.15, 0.2) is 0 Å². The zero-order chi connectivity index (χ0) is 9.26. The van der Waals surface area contributed by atoms with Gasteiger partial charge in [0.15, 0.2) is 0 Å². The molecular formula is C10H18N2O. The van der Waals surface area contributed by atoms with Gasteiger partial charge in [0.2, 0.25) is 5.91 Å². The first-order chi connectivity index (χ1) is 6.29. The van der Waals surface area contributed by atoms with Gasteiger partial charge in [-0.2, -0.15) is 0 Å². The Morgan fingerprint density at radius 1 is 1.38 bits per heavy atom. The number of carbonyl (C=O) groups excluding carboxylic acids is 1. The fourth-order valence-corrected chi connectivity index (χ4v) is 1.97. The van der Waals surface area contributed by atoms with Crippen LogP contribution < -0.4 is 5.32 Å². The molecule has 1 heterocycles. The van der Waals surface area contributed by atoms with Gasteiger partial charge >= 0.3 is 0 Å². The van der Waals surface area contributed by atoms with Crippen molar-refractivity contribution in [2.75, 3.05) is 26.2 Å². The minimum absolute atomic E-state index is 0.276. The van der Waals surface area contributed by atoms with Crippen LogP contribution in [0.4, 0.5) is 0 Å². The highest BCUT2D eigenvalue weighted by Crippen LogP contribution is 2.37. The lowest BCUT2D eigenvalue weighted by Crippen LogP contribution is -2.48. The summed E-state index contributed by atoms with van der Waals surface area (Å²) in [6.07, 6.45) is 2.53. The van der Waals surface area contributed by atoms with E-state index in [0.717, 1.165) is 26.2 Å². The van der Waals surface area contributed by atoms with Crippen molar-refractivity contribution in [3.8, 4) is 0 Å². The first-order valence-electron chi connectivity index (χ1n) is 5.28. The van der Waals surface area contributed by atoms with Crippen LogP contribution >= 0.6 is 0 Å². The molecular weight excluding hydrogens is 164 g/mol. The minimum atomic E-state index is 0.276. The summed E-state index contributed by atoms with van der Waals surface area (Å²) in [5.41, 5.74) is 0. The highest BCUT2D eigenvalue weighted by molar-refractivity contribution is 5.79.